The number of thioether (sulfide) groups is 1. The van der Waals surface area contributed by atoms with Crippen LogP contribution in [0.15, 0.2) is 24.3 Å². The minimum Gasteiger partial charge on any atom is -0.468 e. The summed E-state index contributed by atoms with van der Waals surface area (Å²) in [6, 6.07) is 6.63. The number of hydrogen-bond acceptors (Lipinski definition) is 6. The summed E-state index contributed by atoms with van der Waals surface area (Å²) in [5, 5.41) is -0.387. The van der Waals surface area contributed by atoms with Crippen molar-refractivity contribution in [1.29, 1.82) is 0 Å². The van der Waals surface area contributed by atoms with Gasteiger partial charge in [0.05, 0.1) is 18.2 Å². The number of carbonyl (C=O) groups is 4. The number of fused-ring (bicyclic) bond motifs is 1. The number of benzene rings is 1. The monoisotopic (exact) mass is 362 g/mol. The third kappa shape index (κ3) is 3.39. The molecule has 0 bridgehead atoms. The van der Waals surface area contributed by atoms with E-state index >= 15 is 0 Å². The van der Waals surface area contributed by atoms with E-state index in [1.165, 1.54) is 18.9 Å². The van der Waals surface area contributed by atoms with E-state index in [1.54, 1.807) is 29.2 Å². The van der Waals surface area contributed by atoms with E-state index in [4.69, 9.17) is 4.74 Å². The highest BCUT2D eigenvalue weighted by molar-refractivity contribution is 8.00. The average molecular weight is 362 g/mol. The van der Waals surface area contributed by atoms with Gasteiger partial charge in [-0.25, -0.2) is 0 Å². The molecule has 1 saturated heterocycles. The minimum atomic E-state index is -0.387. The zero-order chi connectivity index (χ0) is 18.0. The second-order valence-electron chi connectivity index (χ2n) is 5.78. The predicted octanol–water partition coefficient (Wildman–Crippen LogP) is 0.790. The Bertz CT molecular complexity index is 701. The molecule has 3 amide bonds. The SMILES string of the molecule is COC(=O)[C@H]1CN(C(=O)CCN2C(=O)c3ccccc3C2=O)CCS1. The molecule has 8 heteroatoms. The van der Waals surface area contributed by atoms with Gasteiger partial charge in [0.15, 0.2) is 0 Å². The van der Waals surface area contributed by atoms with Gasteiger partial charge < -0.3 is 9.64 Å². The number of amides is 3. The first kappa shape index (κ1) is 17.5. The Morgan fingerprint density at radius 2 is 1.84 bits per heavy atom. The van der Waals surface area contributed by atoms with Crippen molar-refractivity contribution >= 4 is 35.5 Å². The van der Waals surface area contributed by atoms with Crippen molar-refractivity contribution in [1.82, 2.24) is 9.80 Å². The van der Waals surface area contributed by atoms with Crippen LogP contribution in [0, 0.1) is 0 Å². The molecule has 132 valence electrons. The van der Waals surface area contributed by atoms with Crippen LogP contribution in [-0.4, -0.2) is 71.2 Å². The van der Waals surface area contributed by atoms with Crippen LogP contribution < -0.4 is 0 Å². The summed E-state index contributed by atoms with van der Waals surface area (Å²) in [4.78, 5) is 51.3. The molecule has 3 rings (SSSR count). The molecule has 2 aliphatic rings. The molecule has 25 heavy (non-hydrogen) atoms. The first-order chi connectivity index (χ1) is 12.0. The highest BCUT2D eigenvalue weighted by atomic mass is 32.2. The molecule has 0 radical (unpaired) electrons. The Kier molecular flexibility index (Phi) is 5.08. The van der Waals surface area contributed by atoms with Crippen LogP contribution in [0.4, 0.5) is 0 Å². The highest BCUT2D eigenvalue weighted by Gasteiger charge is 2.36. The van der Waals surface area contributed by atoms with Crippen molar-refractivity contribution in [3.8, 4) is 0 Å². The van der Waals surface area contributed by atoms with Gasteiger partial charge in [-0.05, 0) is 12.1 Å². The first-order valence-corrected chi connectivity index (χ1v) is 9.00. The molecule has 7 nitrogen and oxygen atoms in total. The van der Waals surface area contributed by atoms with E-state index in [2.05, 4.69) is 0 Å². The molecule has 0 spiro atoms. The molecule has 0 N–H and O–H groups in total. The van der Waals surface area contributed by atoms with Crippen LogP contribution in [0.1, 0.15) is 27.1 Å². The van der Waals surface area contributed by atoms with E-state index in [-0.39, 0.29) is 48.5 Å². The maximum atomic E-state index is 12.4. The first-order valence-electron chi connectivity index (χ1n) is 7.95. The number of nitrogens with zero attached hydrogens (tertiary/aromatic N) is 2. The van der Waals surface area contributed by atoms with Gasteiger partial charge in [0.1, 0.15) is 5.25 Å². The topological polar surface area (TPSA) is 84.0 Å². The Balaban J connectivity index is 1.59. The molecule has 0 aromatic heterocycles. The van der Waals surface area contributed by atoms with Gasteiger partial charge in [-0.1, -0.05) is 12.1 Å². The number of ether oxygens (including phenoxy) is 1. The normalized spacial score (nSPS) is 19.8. The van der Waals surface area contributed by atoms with Crippen molar-refractivity contribution in [2.24, 2.45) is 0 Å². The maximum Gasteiger partial charge on any atom is 0.320 e. The Hall–Kier alpha value is -2.35. The van der Waals surface area contributed by atoms with Crippen LogP contribution in [0.5, 0.6) is 0 Å². The van der Waals surface area contributed by atoms with Gasteiger partial charge in [-0.2, -0.15) is 0 Å². The van der Waals surface area contributed by atoms with Crippen LogP contribution in [0.3, 0.4) is 0 Å². The summed E-state index contributed by atoms with van der Waals surface area (Å²) in [6.45, 7) is 0.870. The number of rotatable bonds is 4. The standard InChI is InChI=1S/C17H18N2O5S/c1-24-17(23)13-10-18(8-9-25-13)14(20)6-7-19-15(21)11-4-2-3-5-12(11)16(19)22/h2-5,13H,6-10H2,1H3/t13-/m1/s1. The number of imide groups is 1. The average Bonchev–Trinajstić information content (AvgIpc) is 2.90. The summed E-state index contributed by atoms with van der Waals surface area (Å²) in [6.07, 6.45) is 0.0457. The maximum absolute atomic E-state index is 12.4. The summed E-state index contributed by atoms with van der Waals surface area (Å²) in [5.41, 5.74) is 0.750. The van der Waals surface area contributed by atoms with Crippen LogP contribution in [-0.2, 0) is 14.3 Å². The van der Waals surface area contributed by atoms with E-state index < -0.39 is 0 Å². The predicted molar refractivity (Wildman–Crippen MR) is 91.3 cm³/mol. The number of esters is 1. The fourth-order valence-electron chi connectivity index (χ4n) is 2.96. The van der Waals surface area contributed by atoms with Gasteiger partial charge in [0.2, 0.25) is 5.91 Å². The Morgan fingerprint density at radius 3 is 2.44 bits per heavy atom. The molecule has 0 unspecified atom stereocenters. The molecule has 1 fully saturated rings. The van der Waals surface area contributed by atoms with Gasteiger partial charge >= 0.3 is 5.97 Å². The van der Waals surface area contributed by atoms with Gasteiger partial charge in [-0.15, -0.1) is 11.8 Å². The molecule has 0 saturated carbocycles. The largest absolute Gasteiger partial charge is 0.468 e. The molecule has 1 aromatic rings. The van der Waals surface area contributed by atoms with Crippen molar-refractivity contribution < 1.29 is 23.9 Å². The van der Waals surface area contributed by atoms with E-state index in [0.717, 1.165) is 4.90 Å². The zero-order valence-corrected chi connectivity index (χ0v) is 14.6. The number of methoxy groups -OCH3 is 1. The van der Waals surface area contributed by atoms with Crippen molar-refractivity contribution in [3.05, 3.63) is 35.4 Å². The van der Waals surface area contributed by atoms with E-state index in [1.807, 2.05) is 0 Å². The van der Waals surface area contributed by atoms with Gasteiger partial charge in [0, 0.05) is 31.8 Å². The number of hydrogen-bond donors (Lipinski definition) is 0. The van der Waals surface area contributed by atoms with E-state index in [0.29, 0.717) is 23.4 Å². The summed E-state index contributed by atoms with van der Waals surface area (Å²) >= 11 is 1.47. The van der Waals surface area contributed by atoms with Gasteiger partial charge in [0.25, 0.3) is 11.8 Å². The fourth-order valence-corrected chi connectivity index (χ4v) is 4.09. The highest BCUT2D eigenvalue weighted by Crippen LogP contribution is 2.23. The third-order valence-electron chi connectivity index (χ3n) is 4.31. The number of carbonyl (C=O) groups excluding carboxylic acids is 4. The lowest BCUT2D eigenvalue weighted by Gasteiger charge is -2.31. The second kappa shape index (κ2) is 7.26. The summed E-state index contributed by atoms with van der Waals surface area (Å²) in [5.74, 6) is -0.600. The van der Waals surface area contributed by atoms with Crippen LogP contribution >= 0.6 is 11.8 Å². The fraction of sp³-hybridized carbons (Fsp3) is 0.412. The van der Waals surface area contributed by atoms with Crippen molar-refractivity contribution in [2.45, 2.75) is 11.7 Å². The van der Waals surface area contributed by atoms with Crippen molar-refractivity contribution in [2.75, 3.05) is 32.5 Å². The molecule has 1 aromatic carbocycles. The lowest BCUT2D eigenvalue weighted by Crippen LogP contribution is -2.46. The zero-order valence-electron chi connectivity index (χ0n) is 13.8. The van der Waals surface area contributed by atoms with Crippen molar-refractivity contribution in [3.63, 3.8) is 0 Å². The quantitative estimate of drug-likeness (QED) is 0.582. The van der Waals surface area contributed by atoms with Crippen LogP contribution in [0.25, 0.3) is 0 Å². The Morgan fingerprint density at radius 1 is 1.20 bits per heavy atom. The van der Waals surface area contributed by atoms with Gasteiger partial charge in [-0.3, -0.25) is 24.1 Å². The van der Waals surface area contributed by atoms with Crippen LogP contribution in [0.2, 0.25) is 0 Å². The smallest absolute Gasteiger partial charge is 0.320 e. The minimum absolute atomic E-state index is 0.0394. The molecular weight excluding hydrogens is 344 g/mol. The molecule has 2 heterocycles. The lowest BCUT2D eigenvalue weighted by atomic mass is 10.1. The Labute approximate surface area is 149 Å². The molecule has 1 atom stereocenters. The molecule has 0 aliphatic carbocycles. The summed E-state index contributed by atoms with van der Waals surface area (Å²) in [7, 11) is 1.33. The lowest BCUT2D eigenvalue weighted by molar-refractivity contribution is -0.141. The second-order valence-corrected chi connectivity index (χ2v) is 7.09. The van der Waals surface area contributed by atoms with E-state index in [9.17, 15) is 19.2 Å². The molecule has 2 aliphatic heterocycles. The molecular formula is C17H18N2O5S. The summed E-state index contributed by atoms with van der Waals surface area (Å²) < 4.78 is 4.73. The third-order valence-corrected chi connectivity index (χ3v) is 5.47.